The number of piperazine rings is 1. The van der Waals surface area contributed by atoms with E-state index in [1.54, 1.807) is 30.6 Å². The second-order valence-corrected chi connectivity index (χ2v) is 8.93. The Kier molecular flexibility index (Phi) is 7.07. The lowest BCUT2D eigenvalue weighted by molar-refractivity contribution is 0.0890. The molecular formula is C25H28FN3O2S. The SMILES string of the molecule is COc1cccc(C(=O)N[C@@H](C)[C@@H](c2cccs2)N2CCN(c3ccc(F)cc3)CC2)c1. The van der Waals surface area contributed by atoms with Crippen LogP contribution in [-0.2, 0) is 0 Å². The van der Waals surface area contributed by atoms with Crippen molar-refractivity contribution in [3.63, 3.8) is 0 Å². The molecule has 7 heteroatoms. The molecule has 32 heavy (non-hydrogen) atoms. The number of nitrogens with zero attached hydrogens (tertiary/aromatic N) is 2. The van der Waals surface area contributed by atoms with E-state index in [-0.39, 0.29) is 23.8 Å². The second-order valence-electron chi connectivity index (χ2n) is 7.95. The highest BCUT2D eigenvalue weighted by Crippen LogP contribution is 2.30. The van der Waals surface area contributed by atoms with E-state index in [0.717, 1.165) is 31.9 Å². The largest absolute Gasteiger partial charge is 0.497 e. The zero-order chi connectivity index (χ0) is 22.5. The molecule has 1 aliphatic heterocycles. The highest BCUT2D eigenvalue weighted by Gasteiger charge is 2.31. The van der Waals surface area contributed by atoms with Crippen molar-refractivity contribution in [1.82, 2.24) is 10.2 Å². The Morgan fingerprint density at radius 1 is 1.06 bits per heavy atom. The van der Waals surface area contributed by atoms with E-state index >= 15 is 0 Å². The topological polar surface area (TPSA) is 44.8 Å². The minimum absolute atomic E-state index is 0.0790. The Morgan fingerprint density at radius 3 is 2.47 bits per heavy atom. The summed E-state index contributed by atoms with van der Waals surface area (Å²) in [4.78, 5) is 18.9. The number of ether oxygens (including phenoxy) is 1. The molecule has 0 saturated carbocycles. The van der Waals surface area contributed by atoms with Crippen LogP contribution in [-0.4, -0.2) is 50.1 Å². The van der Waals surface area contributed by atoms with Crippen LogP contribution < -0.4 is 15.0 Å². The average molecular weight is 454 g/mol. The summed E-state index contributed by atoms with van der Waals surface area (Å²) in [5, 5.41) is 5.27. The first-order valence-corrected chi connectivity index (χ1v) is 11.7. The van der Waals surface area contributed by atoms with Crippen LogP contribution >= 0.6 is 11.3 Å². The minimum atomic E-state index is -0.217. The minimum Gasteiger partial charge on any atom is -0.497 e. The van der Waals surface area contributed by atoms with Crippen LogP contribution in [0.15, 0.2) is 66.0 Å². The molecule has 1 fully saturated rings. The molecule has 0 spiro atoms. The molecule has 5 nitrogen and oxygen atoms in total. The van der Waals surface area contributed by atoms with E-state index in [1.165, 1.54) is 17.0 Å². The van der Waals surface area contributed by atoms with Gasteiger partial charge in [0.15, 0.2) is 0 Å². The molecule has 1 aromatic heterocycles. The maximum Gasteiger partial charge on any atom is 0.251 e. The van der Waals surface area contributed by atoms with Gasteiger partial charge in [-0.15, -0.1) is 11.3 Å². The van der Waals surface area contributed by atoms with Crippen LogP contribution in [0.25, 0.3) is 0 Å². The third-order valence-corrected chi connectivity index (χ3v) is 6.84. The van der Waals surface area contributed by atoms with Gasteiger partial charge in [-0.25, -0.2) is 4.39 Å². The second kappa shape index (κ2) is 10.1. The summed E-state index contributed by atoms with van der Waals surface area (Å²) in [6.45, 7) is 5.49. The number of rotatable bonds is 7. The standard InChI is InChI=1S/C25H28FN3O2S/c1-18(27-25(30)19-5-3-6-22(17-19)31-2)24(23-7-4-16-32-23)29-14-12-28(13-15-29)21-10-8-20(26)9-11-21/h3-11,16-18,24H,12-15H2,1-2H3,(H,27,30)/t18-,24-/m0/s1. The number of anilines is 1. The van der Waals surface area contributed by atoms with Crippen LogP contribution in [0, 0.1) is 5.82 Å². The van der Waals surface area contributed by atoms with Gasteiger partial charge in [-0.05, 0) is 60.8 Å². The number of carbonyl (C=O) groups excluding carboxylic acids is 1. The molecule has 1 aliphatic rings. The van der Waals surface area contributed by atoms with Gasteiger partial charge < -0.3 is 15.0 Å². The number of thiophene rings is 1. The summed E-state index contributed by atoms with van der Waals surface area (Å²) in [7, 11) is 1.60. The molecule has 1 saturated heterocycles. The van der Waals surface area contributed by atoms with E-state index in [9.17, 15) is 9.18 Å². The zero-order valence-electron chi connectivity index (χ0n) is 18.3. The van der Waals surface area contributed by atoms with Crippen LogP contribution in [0.2, 0.25) is 0 Å². The quantitative estimate of drug-likeness (QED) is 0.569. The van der Waals surface area contributed by atoms with Gasteiger partial charge >= 0.3 is 0 Å². The Morgan fingerprint density at radius 2 is 1.81 bits per heavy atom. The van der Waals surface area contributed by atoms with Crippen molar-refractivity contribution in [2.24, 2.45) is 0 Å². The van der Waals surface area contributed by atoms with Crippen molar-refractivity contribution < 1.29 is 13.9 Å². The molecule has 1 N–H and O–H groups in total. The van der Waals surface area contributed by atoms with E-state index in [1.807, 2.05) is 24.3 Å². The number of hydrogen-bond acceptors (Lipinski definition) is 5. The van der Waals surface area contributed by atoms with Gasteiger partial charge in [-0.1, -0.05) is 12.1 Å². The van der Waals surface area contributed by atoms with Crippen LogP contribution in [0.1, 0.15) is 28.2 Å². The third-order valence-electron chi connectivity index (χ3n) is 5.90. The van der Waals surface area contributed by atoms with Crippen molar-refractivity contribution in [2.75, 3.05) is 38.2 Å². The first-order valence-electron chi connectivity index (χ1n) is 10.8. The molecule has 2 aromatic carbocycles. The van der Waals surface area contributed by atoms with E-state index < -0.39 is 0 Å². The summed E-state index contributed by atoms with van der Waals surface area (Å²) >= 11 is 1.71. The normalized spacial score (nSPS) is 16.4. The third kappa shape index (κ3) is 5.11. The number of nitrogens with one attached hydrogen (secondary N) is 1. The number of halogens is 1. The molecule has 0 aliphatic carbocycles. The van der Waals surface area contributed by atoms with Crippen molar-refractivity contribution in [2.45, 2.75) is 19.0 Å². The summed E-state index contributed by atoms with van der Waals surface area (Å²) in [5.74, 6) is 0.339. The lowest BCUT2D eigenvalue weighted by atomic mass is 10.0. The van der Waals surface area contributed by atoms with Gasteiger partial charge in [0.1, 0.15) is 11.6 Å². The van der Waals surface area contributed by atoms with E-state index in [2.05, 4.69) is 39.6 Å². The van der Waals surface area contributed by atoms with Crippen molar-refractivity contribution in [1.29, 1.82) is 0 Å². The lowest BCUT2D eigenvalue weighted by Gasteiger charge is -2.42. The van der Waals surface area contributed by atoms with Gasteiger partial charge in [0, 0.05) is 48.3 Å². The number of amides is 1. The lowest BCUT2D eigenvalue weighted by Crippen LogP contribution is -2.52. The molecule has 2 atom stereocenters. The molecule has 4 rings (SSSR count). The molecule has 3 aromatic rings. The summed E-state index contributed by atoms with van der Waals surface area (Å²) < 4.78 is 18.5. The molecule has 2 heterocycles. The highest BCUT2D eigenvalue weighted by atomic mass is 32.1. The predicted octanol–water partition coefficient (Wildman–Crippen LogP) is 4.58. The first kappa shape index (κ1) is 22.3. The Bertz CT molecular complexity index is 1020. The van der Waals surface area contributed by atoms with Crippen LogP contribution in [0.5, 0.6) is 5.75 Å². The molecule has 0 radical (unpaired) electrons. The summed E-state index contributed by atoms with van der Waals surface area (Å²) in [6, 6.07) is 18.1. The van der Waals surface area contributed by atoms with Crippen molar-refractivity contribution >= 4 is 22.9 Å². The maximum absolute atomic E-state index is 13.3. The maximum atomic E-state index is 13.3. The van der Waals surface area contributed by atoms with Crippen molar-refractivity contribution in [3.8, 4) is 5.75 Å². The Balaban J connectivity index is 1.46. The Labute approximate surface area is 192 Å². The molecule has 0 bridgehead atoms. The van der Waals surface area contributed by atoms with Crippen LogP contribution in [0.3, 0.4) is 0 Å². The number of hydrogen-bond donors (Lipinski definition) is 1. The van der Waals surface area contributed by atoms with Gasteiger partial charge in [-0.3, -0.25) is 9.69 Å². The highest BCUT2D eigenvalue weighted by molar-refractivity contribution is 7.10. The predicted molar refractivity (Wildman–Crippen MR) is 127 cm³/mol. The smallest absolute Gasteiger partial charge is 0.251 e. The summed E-state index contributed by atoms with van der Waals surface area (Å²) in [5.41, 5.74) is 1.63. The fourth-order valence-electron chi connectivity index (χ4n) is 4.25. The zero-order valence-corrected chi connectivity index (χ0v) is 19.1. The van der Waals surface area contributed by atoms with Gasteiger partial charge in [0.2, 0.25) is 0 Å². The number of methoxy groups -OCH3 is 1. The monoisotopic (exact) mass is 453 g/mol. The summed E-state index contributed by atoms with van der Waals surface area (Å²) in [6.07, 6.45) is 0. The fourth-order valence-corrected chi connectivity index (χ4v) is 5.21. The molecule has 0 unspecified atom stereocenters. The number of carbonyl (C=O) groups is 1. The average Bonchev–Trinajstić information content (AvgIpc) is 3.34. The van der Waals surface area contributed by atoms with E-state index in [4.69, 9.17) is 4.74 Å². The van der Waals surface area contributed by atoms with Gasteiger partial charge in [-0.2, -0.15) is 0 Å². The Hall–Kier alpha value is -2.90. The fraction of sp³-hybridized carbons (Fsp3) is 0.320. The van der Waals surface area contributed by atoms with Crippen molar-refractivity contribution in [3.05, 3.63) is 82.3 Å². The van der Waals surface area contributed by atoms with Crippen LogP contribution in [0.4, 0.5) is 10.1 Å². The molecule has 1 amide bonds. The molecular weight excluding hydrogens is 425 g/mol. The van der Waals surface area contributed by atoms with Gasteiger partial charge in [0.05, 0.1) is 13.2 Å². The van der Waals surface area contributed by atoms with Gasteiger partial charge in [0.25, 0.3) is 5.91 Å². The van der Waals surface area contributed by atoms with E-state index in [0.29, 0.717) is 11.3 Å². The number of benzene rings is 2. The first-order chi connectivity index (χ1) is 15.5. The molecule has 168 valence electrons.